The van der Waals surface area contributed by atoms with Gasteiger partial charge in [0.05, 0.1) is 12.7 Å². The third-order valence-corrected chi connectivity index (χ3v) is 2.66. The van der Waals surface area contributed by atoms with Crippen molar-refractivity contribution in [3.63, 3.8) is 0 Å². The fourth-order valence-electron chi connectivity index (χ4n) is 1.70. The van der Waals surface area contributed by atoms with Crippen LogP contribution in [0.4, 0.5) is 0 Å². The van der Waals surface area contributed by atoms with E-state index in [1.165, 1.54) is 13.0 Å². The maximum atomic E-state index is 5.55. The van der Waals surface area contributed by atoms with Gasteiger partial charge in [-0.1, -0.05) is 0 Å². The van der Waals surface area contributed by atoms with E-state index in [-0.39, 0.29) is 0 Å². The summed E-state index contributed by atoms with van der Waals surface area (Å²) in [5.41, 5.74) is 0. The first kappa shape index (κ1) is 12.0. The fraction of sp³-hybridized carbons (Fsp3) is 1.00. The molecule has 0 bridgehead atoms. The number of hydrogen-bond acceptors (Lipinski definition) is 3. The largest absolute Gasteiger partial charge is 0.377 e. The lowest BCUT2D eigenvalue weighted by Gasteiger charge is -2.19. The Bertz CT molecular complexity index is 150. The van der Waals surface area contributed by atoms with E-state index in [0.29, 0.717) is 12.1 Å². The monoisotopic (exact) mass is 200 g/mol. The van der Waals surface area contributed by atoms with Crippen LogP contribution in [0.25, 0.3) is 0 Å². The van der Waals surface area contributed by atoms with Crippen LogP contribution in [0.1, 0.15) is 27.2 Å². The Kier molecular flexibility index (Phi) is 5.45. The topological polar surface area (TPSA) is 24.5 Å². The summed E-state index contributed by atoms with van der Waals surface area (Å²) < 4.78 is 5.55. The summed E-state index contributed by atoms with van der Waals surface area (Å²) in [4.78, 5) is 2.48. The number of rotatable bonds is 4. The zero-order chi connectivity index (χ0) is 10.4. The lowest BCUT2D eigenvalue weighted by molar-refractivity contribution is 0.0602. The van der Waals surface area contributed by atoms with Crippen molar-refractivity contribution >= 4 is 0 Å². The van der Waals surface area contributed by atoms with Crippen molar-refractivity contribution in [2.75, 3.05) is 32.8 Å². The minimum atomic E-state index is 0.360. The first-order valence-electron chi connectivity index (χ1n) is 5.76. The Balaban J connectivity index is 2.11. The molecule has 1 heterocycles. The summed E-state index contributed by atoms with van der Waals surface area (Å²) >= 11 is 0. The maximum absolute atomic E-state index is 5.55. The van der Waals surface area contributed by atoms with Crippen LogP contribution in [0.2, 0.25) is 0 Å². The Morgan fingerprint density at radius 1 is 1.43 bits per heavy atom. The van der Waals surface area contributed by atoms with E-state index in [9.17, 15) is 0 Å². The smallest absolute Gasteiger partial charge is 0.0596 e. The molecule has 1 aliphatic rings. The van der Waals surface area contributed by atoms with Crippen molar-refractivity contribution in [1.29, 1.82) is 0 Å². The standard InChI is InChI=1S/C11H24N2O/c1-10(2)14-9-8-13-6-4-11(3)12-5-7-13/h10-12H,4-9H2,1-3H3. The molecule has 1 N–H and O–H groups in total. The van der Waals surface area contributed by atoms with Crippen molar-refractivity contribution in [2.45, 2.75) is 39.3 Å². The molecule has 1 fully saturated rings. The zero-order valence-corrected chi connectivity index (χ0v) is 9.75. The first-order chi connectivity index (χ1) is 6.68. The van der Waals surface area contributed by atoms with Gasteiger partial charge in [0, 0.05) is 25.7 Å². The molecule has 0 spiro atoms. The Labute approximate surface area is 87.8 Å². The van der Waals surface area contributed by atoms with E-state index >= 15 is 0 Å². The van der Waals surface area contributed by atoms with E-state index in [1.54, 1.807) is 0 Å². The number of nitrogens with zero attached hydrogens (tertiary/aromatic N) is 1. The Morgan fingerprint density at radius 3 is 2.93 bits per heavy atom. The van der Waals surface area contributed by atoms with Crippen LogP contribution in [-0.4, -0.2) is 49.8 Å². The van der Waals surface area contributed by atoms with Gasteiger partial charge in [-0.25, -0.2) is 0 Å². The fourth-order valence-corrected chi connectivity index (χ4v) is 1.70. The molecule has 14 heavy (non-hydrogen) atoms. The van der Waals surface area contributed by atoms with Gasteiger partial charge in [-0.05, 0) is 33.7 Å². The molecule has 0 aliphatic carbocycles. The van der Waals surface area contributed by atoms with Crippen molar-refractivity contribution in [2.24, 2.45) is 0 Å². The molecule has 1 atom stereocenters. The summed E-state index contributed by atoms with van der Waals surface area (Å²) in [6.45, 7) is 11.9. The first-order valence-corrected chi connectivity index (χ1v) is 5.76. The Hall–Kier alpha value is -0.120. The molecule has 0 aromatic rings. The van der Waals surface area contributed by atoms with Crippen LogP contribution in [-0.2, 0) is 4.74 Å². The van der Waals surface area contributed by atoms with E-state index in [1.807, 2.05) is 0 Å². The molecular formula is C11H24N2O. The molecule has 0 radical (unpaired) electrons. The summed E-state index contributed by atoms with van der Waals surface area (Å²) in [6, 6.07) is 0.672. The van der Waals surface area contributed by atoms with Crippen LogP contribution in [0.3, 0.4) is 0 Å². The van der Waals surface area contributed by atoms with E-state index in [4.69, 9.17) is 4.74 Å². The summed E-state index contributed by atoms with van der Waals surface area (Å²) in [5, 5.41) is 3.49. The highest BCUT2D eigenvalue weighted by molar-refractivity contribution is 4.71. The highest BCUT2D eigenvalue weighted by Gasteiger charge is 2.12. The quantitative estimate of drug-likeness (QED) is 0.735. The van der Waals surface area contributed by atoms with Crippen molar-refractivity contribution in [3.05, 3.63) is 0 Å². The van der Waals surface area contributed by atoms with Crippen LogP contribution in [0, 0.1) is 0 Å². The third-order valence-electron chi connectivity index (χ3n) is 2.66. The molecule has 3 heteroatoms. The third kappa shape index (κ3) is 4.94. The molecule has 84 valence electrons. The van der Waals surface area contributed by atoms with Crippen molar-refractivity contribution < 1.29 is 4.74 Å². The molecular weight excluding hydrogens is 176 g/mol. The summed E-state index contributed by atoms with van der Waals surface area (Å²) in [7, 11) is 0. The second-order valence-corrected chi connectivity index (χ2v) is 4.41. The van der Waals surface area contributed by atoms with E-state index in [2.05, 4.69) is 31.0 Å². The number of hydrogen-bond donors (Lipinski definition) is 1. The van der Waals surface area contributed by atoms with Crippen LogP contribution in [0.5, 0.6) is 0 Å². The van der Waals surface area contributed by atoms with Gasteiger partial charge < -0.3 is 10.1 Å². The van der Waals surface area contributed by atoms with Gasteiger partial charge in [0.25, 0.3) is 0 Å². The van der Waals surface area contributed by atoms with Gasteiger partial charge in [0.2, 0.25) is 0 Å². The average Bonchev–Trinajstić information content (AvgIpc) is 2.30. The molecule has 1 saturated heterocycles. The lowest BCUT2D eigenvalue weighted by atomic mass is 10.2. The normalized spacial score (nSPS) is 25.3. The van der Waals surface area contributed by atoms with Gasteiger partial charge in [-0.3, -0.25) is 4.90 Å². The minimum absolute atomic E-state index is 0.360. The Morgan fingerprint density at radius 2 is 2.21 bits per heavy atom. The predicted molar refractivity (Wildman–Crippen MR) is 59.6 cm³/mol. The average molecular weight is 200 g/mol. The highest BCUT2D eigenvalue weighted by Crippen LogP contribution is 2.00. The molecule has 0 aromatic carbocycles. The summed E-state index contributed by atoms with van der Waals surface area (Å²) in [6.07, 6.45) is 1.61. The summed E-state index contributed by atoms with van der Waals surface area (Å²) in [5.74, 6) is 0. The number of ether oxygens (including phenoxy) is 1. The zero-order valence-electron chi connectivity index (χ0n) is 9.75. The van der Waals surface area contributed by atoms with Gasteiger partial charge in [-0.15, -0.1) is 0 Å². The highest BCUT2D eigenvalue weighted by atomic mass is 16.5. The van der Waals surface area contributed by atoms with Gasteiger partial charge in [0.15, 0.2) is 0 Å². The van der Waals surface area contributed by atoms with Gasteiger partial charge in [-0.2, -0.15) is 0 Å². The molecule has 0 amide bonds. The van der Waals surface area contributed by atoms with Crippen molar-refractivity contribution in [1.82, 2.24) is 10.2 Å². The molecule has 1 unspecified atom stereocenters. The lowest BCUT2D eigenvalue weighted by Crippen LogP contribution is -2.32. The SMILES string of the molecule is CC1CCN(CCOC(C)C)CCN1. The molecule has 1 rings (SSSR count). The molecule has 0 aromatic heterocycles. The second kappa shape index (κ2) is 6.38. The van der Waals surface area contributed by atoms with Gasteiger partial charge >= 0.3 is 0 Å². The van der Waals surface area contributed by atoms with E-state index in [0.717, 1.165) is 26.2 Å². The minimum Gasteiger partial charge on any atom is -0.377 e. The second-order valence-electron chi connectivity index (χ2n) is 4.41. The number of nitrogens with one attached hydrogen (secondary N) is 1. The predicted octanol–water partition coefficient (Wildman–Crippen LogP) is 1.10. The van der Waals surface area contributed by atoms with Crippen LogP contribution < -0.4 is 5.32 Å². The van der Waals surface area contributed by atoms with Gasteiger partial charge in [0.1, 0.15) is 0 Å². The molecule has 0 saturated carbocycles. The van der Waals surface area contributed by atoms with E-state index < -0.39 is 0 Å². The van der Waals surface area contributed by atoms with Crippen LogP contribution >= 0.6 is 0 Å². The molecule has 1 aliphatic heterocycles. The molecule has 3 nitrogen and oxygen atoms in total. The van der Waals surface area contributed by atoms with Crippen molar-refractivity contribution in [3.8, 4) is 0 Å². The van der Waals surface area contributed by atoms with Crippen LogP contribution in [0.15, 0.2) is 0 Å². The maximum Gasteiger partial charge on any atom is 0.0596 e.